The summed E-state index contributed by atoms with van der Waals surface area (Å²) in [7, 11) is 0. The molecule has 0 unspecified atom stereocenters. The Hall–Kier alpha value is -4.22. The van der Waals surface area contributed by atoms with Crippen molar-refractivity contribution >= 4 is 23.6 Å². The number of hydrogen-bond acceptors (Lipinski definition) is 9. The normalized spacial score (nSPS) is 19.9. The summed E-state index contributed by atoms with van der Waals surface area (Å²) in [5, 5.41) is 9.43. The number of carbonyl (C=O) groups excluding carboxylic acids is 2. The van der Waals surface area contributed by atoms with E-state index in [2.05, 4.69) is 38.1 Å². The van der Waals surface area contributed by atoms with Crippen LogP contribution in [0, 0.1) is 0 Å². The zero-order chi connectivity index (χ0) is 26.6. The molecule has 0 spiro atoms. The molecule has 1 aromatic carbocycles. The van der Waals surface area contributed by atoms with Crippen LogP contribution in [0.1, 0.15) is 18.4 Å². The number of ether oxygens (including phenoxy) is 3. The van der Waals surface area contributed by atoms with E-state index in [-0.39, 0.29) is 18.6 Å². The minimum absolute atomic E-state index is 0.0450. The highest BCUT2D eigenvalue weighted by Crippen LogP contribution is 2.30. The zero-order valence-electron chi connectivity index (χ0n) is 21.4. The molecule has 11 nitrogen and oxygen atoms in total. The molecule has 2 amide bonds. The van der Waals surface area contributed by atoms with Gasteiger partial charge in [-0.2, -0.15) is 0 Å². The van der Waals surface area contributed by atoms with Crippen molar-refractivity contribution in [3.63, 3.8) is 0 Å². The summed E-state index contributed by atoms with van der Waals surface area (Å²) in [6.07, 6.45) is 1.08. The van der Waals surface area contributed by atoms with Crippen molar-refractivity contribution in [1.82, 2.24) is 20.6 Å². The summed E-state index contributed by atoms with van der Waals surface area (Å²) in [5.74, 6) is 1.56. The number of fused-ring (bicyclic) bond motifs is 1. The van der Waals surface area contributed by atoms with E-state index < -0.39 is 6.09 Å². The van der Waals surface area contributed by atoms with Gasteiger partial charge in [-0.15, -0.1) is 0 Å². The Morgan fingerprint density at radius 2 is 2.00 bits per heavy atom. The number of amides is 2. The molecule has 2 atom stereocenters. The molecule has 11 heteroatoms. The van der Waals surface area contributed by atoms with Gasteiger partial charge in [-0.3, -0.25) is 9.69 Å². The Kier molecular flexibility index (Phi) is 7.24. The summed E-state index contributed by atoms with van der Waals surface area (Å²) in [6, 6.07) is 17.9. The molecule has 0 aliphatic carbocycles. The van der Waals surface area contributed by atoms with Crippen LogP contribution >= 0.6 is 0 Å². The first-order chi connectivity index (χ1) is 19.1. The van der Waals surface area contributed by atoms with Gasteiger partial charge in [0.2, 0.25) is 5.88 Å². The Bertz CT molecular complexity index is 1360. The first kappa shape index (κ1) is 25.1. The van der Waals surface area contributed by atoms with Crippen LogP contribution in [0.5, 0.6) is 11.6 Å². The van der Waals surface area contributed by atoms with Gasteiger partial charge in [0.1, 0.15) is 18.5 Å². The lowest BCUT2D eigenvalue weighted by Gasteiger charge is -2.27. The van der Waals surface area contributed by atoms with Crippen LogP contribution in [0.4, 0.5) is 16.4 Å². The first-order valence-corrected chi connectivity index (χ1v) is 13.2. The number of carbonyl (C=O) groups is 2. The molecule has 3 N–H and O–H groups in total. The fourth-order valence-corrected chi connectivity index (χ4v) is 4.63. The molecule has 3 aromatic rings. The van der Waals surface area contributed by atoms with Gasteiger partial charge >= 0.3 is 6.09 Å². The van der Waals surface area contributed by atoms with Crippen LogP contribution in [0.3, 0.4) is 0 Å². The molecule has 39 heavy (non-hydrogen) atoms. The number of benzene rings is 1. The second-order valence-corrected chi connectivity index (χ2v) is 9.75. The van der Waals surface area contributed by atoms with E-state index in [1.165, 1.54) is 4.90 Å². The zero-order valence-corrected chi connectivity index (χ0v) is 21.4. The Morgan fingerprint density at radius 3 is 2.87 bits per heavy atom. The van der Waals surface area contributed by atoms with E-state index in [4.69, 9.17) is 14.2 Å². The maximum absolute atomic E-state index is 12.5. The van der Waals surface area contributed by atoms with Gasteiger partial charge in [-0.25, -0.2) is 14.8 Å². The average Bonchev–Trinajstić information content (AvgIpc) is 3.30. The monoisotopic (exact) mass is 530 g/mol. The number of hydrogen-bond donors (Lipinski definition) is 3. The maximum atomic E-state index is 12.5. The van der Waals surface area contributed by atoms with Gasteiger partial charge in [-0.05, 0) is 55.8 Å². The molecule has 3 aliphatic heterocycles. The molecular weight excluding hydrogens is 500 g/mol. The topological polar surface area (TPSA) is 127 Å². The van der Waals surface area contributed by atoms with Crippen LogP contribution in [0.15, 0.2) is 54.6 Å². The third-order valence-electron chi connectivity index (χ3n) is 6.89. The standard InChI is InChI=1S/C28H30N6O5/c35-25-17-37-23-7-8-24(32-27(23)33-25)34-15-21(39-28(34)36)10-11-29-14-18-3-1-4-19(13-18)22-5-2-6-26(31-22)38-16-20-9-12-30-20/h1-8,13,20-21,29-30H,9-12,14-17H2,(H,32,33,35)/t20-,21-/m0/s1. The first-order valence-electron chi connectivity index (χ1n) is 13.2. The van der Waals surface area contributed by atoms with Crippen molar-refractivity contribution in [2.45, 2.75) is 31.5 Å². The lowest BCUT2D eigenvalue weighted by molar-refractivity contribution is -0.118. The van der Waals surface area contributed by atoms with Gasteiger partial charge in [0.25, 0.3) is 5.91 Å². The lowest BCUT2D eigenvalue weighted by atomic mass is 10.1. The summed E-state index contributed by atoms with van der Waals surface area (Å²) >= 11 is 0. The quantitative estimate of drug-likeness (QED) is 0.339. The van der Waals surface area contributed by atoms with E-state index in [0.29, 0.717) is 62.0 Å². The van der Waals surface area contributed by atoms with Crippen molar-refractivity contribution < 1.29 is 23.8 Å². The van der Waals surface area contributed by atoms with E-state index in [1.54, 1.807) is 12.1 Å². The lowest BCUT2D eigenvalue weighted by Crippen LogP contribution is -2.46. The van der Waals surface area contributed by atoms with Crippen LogP contribution in [-0.2, 0) is 16.1 Å². The molecule has 3 aliphatic rings. The Labute approximate surface area is 225 Å². The third-order valence-corrected chi connectivity index (χ3v) is 6.89. The van der Waals surface area contributed by atoms with Gasteiger partial charge < -0.3 is 30.2 Å². The smallest absolute Gasteiger partial charge is 0.415 e. The van der Waals surface area contributed by atoms with Crippen molar-refractivity contribution in [3.05, 3.63) is 60.2 Å². The number of aromatic nitrogens is 2. The number of anilines is 2. The van der Waals surface area contributed by atoms with E-state index >= 15 is 0 Å². The van der Waals surface area contributed by atoms with Crippen molar-refractivity contribution in [3.8, 4) is 22.9 Å². The molecule has 202 valence electrons. The maximum Gasteiger partial charge on any atom is 0.415 e. The number of nitrogens with zero attached hydrogens (tertiary/aromatic N) is 3. The van der Waals surface area contributed by atoms with Crippen molar-refractivity contribution in [2.75, 3.05) is 43.1 Å². The summed E-state index contributed by atoms with van der Waals surface area (Å²) in [6.45, 7) is 3.37. The fourth-order valence-electron chi connectivity index (χ4n) is 4.63. The average molecular weight is 531 g/mol. The molecule has 5 heterocycles. The predicted molar refractivity (Wildman–Crippen MR) is 144 cm³/mol. The molecule has 2 saturated heterocycles. The highest BCUT2D eigenvalue weighted by Gasteiger charge is 2.33. The molecule has 0 bridgehead atoms. The number of pyridine rings is 2. The minimum atomic E-state index is -0.453. The second kappa shape index (κ2) is 11.3. The number of rotatable bonds is 10. The number of cyclic esters (lactones) is 1. The van der Waals surface area contributed by atoms with Crippen LogP contribution < -0.4 is 30.3 Å². The largest absolute Gasteiger partial charge is 0.480 e. The summed E-state index contributed by atoms with van der Waals surface area (Å²) in [4.78, 5) is 34.6. The highest BCUT2D eigenvalue weighted by molar-refractivity contribution is 5.95. The summed E-state index contributed by atoms with van der Waals surface area (Å²) in [5.41, 5.74) is 3.03. The third kappa shape index (κ3) is 5.94. The Balaban J connectivity index is 0.989. The van der Waals surface area contributed by atoms with E-state index in [1.807, 2.05) is 30.3 Å². The van der Waals surface area contributed by atoms with E-state index in [0.717, 1.165) is 29.8 Å². The SMILES string of the molecule is O=C1COc2ccc(N3C[C@H](CCNCc4cccc(-c5cccc(OC[C@@H]6CCN6)n5)c4)OC3=O)nc2N1. The van der Waals surface area contributed by atoms with Crippen molar-refractivity contribution in [1.29, 1.82) is 0 Å². The van der Waals surface area contributed by atoms with Gasteiger partial charge in [0, 0.05) is 24.2 Å². The van der Waals surface area contributed by atoms with Crippen LogP contribution in [0.2, 0.25) is 0 Å². The predicted octanol–water partition coefficient (Wildman–Crippen LogP) is 2.72. The molecular formula is C28H30N6O5. The van der Waals surface area contributed by atoms with Crippen LogP contribution in [-0.4, -0.2) is 67.0 Å². The fraction of sp³-hybridized carbons (Fsp3) is 0.357. The molecule has 2 aromatic heterocycles. The molecule has 0 radical (unpaired) electrons. The minimum Gasteiger partial charge on any atom is -0.480 e. The van der Waals surface area contributed by atoms with Crippen LogP contribution in [0.25, 0.3) is 11.3 Å². The Morgan fingerprint density at radius 1 is 1.10 bits per heavy atom. The molecule has 6 rings (SSSR count). The van der Waals surface area contributed by atoms with Gasteiger partial charge in [0.15, 0.2) is 18.2 Å². The highest BCUT2D eigenvalue weighted by atomic mass is 16.6. The van der Waals surface area contributed by atoms with Gasteiger partial charge in [0.05, 0.1) is 12.2 Å². The van der Waals surface area contributed by atoms with E-state index in [9.17, 15) is 9.59 Å². The molecule has 0 saturated carbocycles. The molecule has 2 fully saturated rings. The number of nitrogens with one attached hydrogen (secondary N) is 3. The van der Waals surface area contributed by atoms with Gasteiger partial charge in [-0.1, -0.05) is 24.3 Å². The summed E-state index contributed by atoms with van der Waals surface area (Å²) < 4.78 is 16.7. The second-order valence-electron chi connectivity index (χ2n) is 9.75. The van der Waals surface area contributed by atoms with Crippen molar-refractivity contribution in [2.24, 2.45) is 0 Å².